The Morgan fingerprint density at radius 3 is 2.67 bits per heavy atom. The fraction of sp³-hybridized carbons (Fsp3) is 0.125. The third-order valence-electron chi connectivity index (χ3n) is 1.38. The van der Waals surface area contributed by atoms with Crippen LogP contribution < -0.4 is 11.9 Å². The monoisotopic (exact) mass is 167 g/mol. The summed E-state index contributed by atoms with van der Waals surface area (Å²) in [5.74, 6) is -0.371. The smallest absolute Gasteiger partial charge is 0.125 e. The van der Waals surface area contributed by atoms with Gasteiger partial charge in [0.05, 0.1) is 12.5 Å². The van der Waals surface area contributed by atoms with Crippen molar-refractivity contribution in [3.05, 3.63) is 29.6 Å². The van der Waals surface area contributed by atoms with Crippen LogP contribution in [0.2, 0.25) is 0 Å². The summed E-state index contributed by atoms with van der Waals surface area (Å²) in [5, 5.41) is 8.31. The number of nitrogens with zero attached hydrogens (tertiary/aromatic N) is 1. The van der Waals surface area contributed by atoms with Crippen molar-refractivity contribution in [1.82, 2.24) is 6.15 Å². The normalized spacial score (nSPS) is 8.33. The highest BCUT2D eigenvalue weighted by atomic mass is 19.1. The summed E-state index contributed by atoms with van der Waals surface area (Å²) in [6.45, 7) is 0. The van der Waals surface area contributed by atoms with E-state index in [0.29, 0.717) is 11.3 Å². The van der Waals surface area contributed by atoms with Crippen LogP contribution in [0.25, 0.3) is 0 Å². The molecule has 0 bridgehead atoms. The molecule has 0 heterocycles. The van der Waals surface area contributed by atoms with Gasteiger partial charge in [-0.2, -0.15) is 5.26 Å². The van der Waals surface area contributed by atoms with E-state index in [-0.39, 0.29) is 18.4 Å². The first-order valence-corrected chi connectivity index (χ1v) is 3.15. The molecule has 1 aromatic rings. The topological polar surface area (TPSA) is 84.8 Å². The third kappa shape index (κ3) is 2.22. The van der Waals surface area contributed by atoms with E-state index in [9.17, 15) is 4.39 Å². The molecule has 0 unspecified atom stereocenters. The van der Waals surface area contributed by atoms with E-state index in [1.807, 2.05) is 6.07 Å². The van der Waals surface area contributed by atoms with Crippen LogP contribution in [-0.4, -0.2) is 0 Å². The van der Waals surface area contributed by atoms with Crippen molar-refractivity contribution in [2.75, 3.05) is 5.73 Å². The molecule has 0 aliphatic heterocycles. The standard InChI is InChI=1S/C8H7FN2.H3N/c9-7-2-1-6(3-4-10)8(11)5-7;/h1-2,5H,3,11H2;1H3. The van der Waals surface area contributed by atoms with Gasteiger partial charge in [0.25, 0.3) is 0 Å². The van der Waals surface area contributed by atoms with Gasteiger partial charge in [-0.05, 0) is 17.7 Å². The summed E-state index contributed by atoms with van der Waals surface area (Å²) in [7, 11) is 0. The highest BCUT2D eigenvalue weighted by molar-refractivity contribution is 5.47. The number of hydrogen-bond acceptors (Lipinski definition) is 3. The van der Waals surface area contributed by atoms with Gasteiger partial charge in [-0.25, -0.2) is 4.39 Å². The zero-order valence-corrected chi connectivity index (χ0v) is 6.55. The van der Waals surface area contributed by atoms with Crippen molar-refractivity contribution in [2.45, 2.75) is 6.42 Å². The zero-order chi connectivity index (χ0) is 8.27. The predicted octanol–water partition coefficient (Wildman–Crippen LogP) is 1.64. The van der Waals surface area contributed by atoms with Gasteiger partial charge in [0, 0.05) is 5.69 Å². The van der Waals surface area contributed by atoms with E-state index in [1.54, 1.807) is 0 Å². The first-order chi connectivity index (χ1) is 5.24. The lowest BCUT2D eigenvalue weighted by atomic mass is 10.1. The van der Waals surface area contributed by atoms with Crippen LogP contribution in [0.4, 0.5) is 10.1 Å². The molecule has 0 atom stereocenters. The van der Waals surface area contributed by atoms with Crippen molar-refractivity contribution in [2.24, 2.45) is 0 Å². The molecule has 0 aromatic heterocycles. The van der Waals surface area contributed by atoms with Crippen molar-refractivity contribution >= 4 is 5.69 Å². The van der Waals surface area contributed by atoms with Crippen LogP contribution in [0.15, 0.2) is 18.2 Å². The lowest BCUT2D eigenvalue weighted by Gasteiger charge is -1.99. The SMILES string of the molecule is N.N#CCc1ccc(F)cc1N. The molecule has 1 aromatic carbocycles. The Morgan fingerprint density at radius 1 is 1.50 bits per heavy atom. The van der Waals surface area contributed by atoms with E-state index in [1.165, 1.54) is 18.2 Å². The number of anilines is 1. The Bertz CT molecular complexity index is 304. The van der Waals surface area contributed by atoms with Crippen LogP contribution in [-0.2, 0) is 6.42 Å². The Hall–Kier alpha value is -1.60. The second-order valence-corrected chi connectivity index (χ2v) is 2.18. The van der Waals surface area contributed by atoms with Crippen LogP contribution >= 0.6 is 0 Å². The fourth-order valence-corrected chi connectivity index (χ4v) is 0.812. The quantitative estimate of drug-likeness (QED) is 0.623. The Balaban J connectivity index is 0.00000121. The second kappa shape index (κ2) is 4.31. The zero-order valence-electron chi connectivity index (χ0n) is 6.55. The highest BCUT2D eigenvalue weighted by Crippen LogP contribution is 2.13. The summed E-state index contributed by atoms with van der Waals surface area (Å²) < 4.78 is 12.4. The van der Waals surface area contributed by atoms with Crippen LogP contribution in [0.5, 0.6) is 0 Å². The highest BCUT2D eigenvalue weighted by Gasteiger charge is 1.98. The van der Waals surface area contributed by atoms with E-state index in [2.05, 4.69) is 0 Å². The number of rotatable bonds is 1. The number of nitriles is 1. The maximum absolute atomic E-state index is 12.4. The fourth-order valence-electron chi connectivity index (χ4n) is 0.812. The van der Waals surface area contributed by atoms with Gasteiger partial charge in [0.2, 0.25) is 0 Å². The van der Waals surface area contributed by atoms with Crippen molar-refractivity contribution in [3.63, 3.8) is 0 Å². The minimum atomic E-state index is -0.371. The van der Waals surface area contributed by atoms with Crippen LogP contribution in [0, 0.1) is 17.1 Å². The van der Waals surface area contributed by atoms with E-state index in [0.717, 1.165) is 0 Å². The number of hydrogen-bond donors (Lipinski definition) is 2. The number of nitrogen functional groups attached to an aromatic ring is 1. The Morgan fingerprint density at radius 2 is 2.17 bits per heavy atom. The van der Waals surface area contributed by atoms with Gasteiger partial charge in [0.1, 0.15) is 5.82 Å². The maximum atomic E-state index is 12.4. The Labute approximate surface area is 70.2 Å². The summed E-state index contributed by atoms with van der Waals surface area (Å²) in [6.07, 6.45) is 0.228. The van der Waals surface area contributed by atoms with Gasteiger partial charge in [-0.15, -0.1) is 0 Å². The molecule has 64 valence electrons. The lowest BCUT2D eigenvalue weighted by Crippen LogP contribution is -1.93. The van der Waals surface area contributed by atoms with E-state index in [4.69, 9.17) is 11.0 Å². The van der Waals surface area contributed by atoms with Crippen LogP contribution in [0.3, 0.4) is 0 Å². The molecule has 0 fully saturated rings. The minimum absolute atomic E-state index is 0. The predicted molar refractivity (Wildman–Crippen MR) is 45.2 cm³/mol. The number of halogens is 1. The first-order valence-electron chi connectivity index (χ1n) is 3.15. The van der Waals surface area contributed by atoms with Gasteiger partial charge in [0.15, 0.2) is 0 Å². The second-order valence-electron chi connectivity index (χ2n) is 2.18. The molecule has 0 spiro atoms. The molecule has 3 nitrogen and oxygen atoms in total. The molecule has 0 radical (unpaired) electrons. The summed E-state index contributed by atoms with van der Waals surface area (Å²) in [5.41, 5.74) is 6.43. The summed E-state index contributed by atoms with van der Waals surface area (Å²) >= 11 is 0. The minimum Gasteiger partial charge on any atom is -0.398 e. The molecule has 0 aliphatic carbocycles. The largest absolute Gasteiger partial charge is 0.398 e. The Kier molecular flexibility index (Phi) is 3.74. The number of nitrogens with two attached hydrogens (primary N) is 1. The molecular formula is C8H10FN3. The molecule has 0 aliphatic rings. The molecular weight excluding hydrogens is 157 g/mol. The third-order valence-corrected chi connectivity index (χ3v) is 1.38. The molecule has 4 heteroatoms. The van der Waals surface area contributed by atoms with Gasteiger partial charge >= 0.3 is 0 Å². The molecule has 12 heavy (non-hydrogen) atoms. The number of benzene rings is 1. The maximum Gasteiger partial charge on any atom is 0.125 e. The summed E-state index contributed by atoms with van der Waals surface area (Å²) in [6, 6.07) is 5.97. The van der Waals surface area contributed by atoms with Crippen molar-refractivity contribution < 1.29 is 4.39 Å². The first kappa shape index (κ1) is 10.4. The van der Waals surface area contributed by atoms with Crippen molar-refractivity contribution in [1.29, 1.82) is 5.26 Å². The molecule has 5 N–H and O–H groups in total. The van der Waals surface area contributed by atoms with Gasteiger partial charge in [-0.3, -0.25) is 0 Å². The van der Waals surface area contributed by atoms with Crippen LogP contribution in [0.1, 0.15) is 5.56 Å². The van der Waals surface area contributed by atoms with E-state index >= 15 is 0 Å². The average Bonchev–Trinajstić information content (AvgIpc) is 1.95. The molecule has 1 rings (SSSR count). The van der Waals surface area contributed by atoms with Gasteiger partial charge in [-0.1, -0.05) is 6.07 Å². The molecule has 0 saturated carbocycles. The average molecular weight is 167 g/mol. The molecule has 0 amide bonds. The molecule has 0 saturated heterocycles. The summed E-state index contributed by atoms with van der Waals surface area (Å²) in [4.78, 5) is 0. The van der Waals surface area contributed by atoms with E-state index < -0.39 is 0 Å². The van der Waals surface area contributed by atoms with Crippen molar-refractivity contribution in [3.8, 4) is 6.07 Å². The lowest BCUT2D eigenvalue weighted by molar-refractivity contribution is 0.628. The van der Waals surface area contributed by atoms with Gasteiger partial charge < -0.3 is 11.9 Å².